The molecule has 0 fully saturated rings. The van der Waals surface area contributed by atoms with E-state index in [1.165, 1.54) is 225 Å². The molecule has 0 aromatic heterocycles. The standard InChI is InChI=1S/C45H88O4/c1-2-3-4-5-6-7-26-30-33-36-39-42-45(48)49-43-40-37-34-31-28-25-23-21-19-17-15-13-11-9-8-10-12-14-16-18-20-22-24-27-29-32-35-38-41-44(46)47/h2-43H2,1H3,(H,46,47). The first kappa shape index (κ1) is 47.9. The normalized spacial score (nSPS) is 11.4. The van der Waals surface area contributed by atoms with Crippen LogP contribution in [0.4, 0.5) is 0 Å². The summed E-state index contributed by atoms with van der Waals surface area (Å²) >= 11 is 0. The van der Waals surface area contributed by atoms with Gasteiger partial charge in [-0.05, 0) is 19.3 Å². The molecule has 0 heterocycles. The second kappa shape index (κ2) is 43.1. The first-order valence-electron chi connectivity index (χ1n) is 22.5. The van der Waals surface area contributed by atoms with Gasteiger partial charge in [0.2, 0.25) is 0 Å². The summed E-state index contributed by atoms with van der Waals surface area (Å²) in [6.07, 6.45) is 53.0. The summed E-state index contributed by atoms with van der Waals surface area (Å²) in [6, 6.07) is 0. The molecule has 0 aliphatic rings. The average molecular weight is 693 g/mol. The van der Waals surface area contributed by atoms with Gasteiger partial charge < -0.3 is 9.84 Å². The Morgan fingerprint density at radius 3 is 0.816 bits per heavy atom. The monoisotopic (exact) mass is 693 g/mol. The van der Waals surface area contributed by atoms with E-state index >= 15 is 0 Å². The van der Waals surface area contributed by atoms with Crippen LogP contribution in [0.3, 0.4) is 0 Å². The van der Waals surface area contributed by atoms with Crippen LogP contribution in [-0.2, 0) is 14.3 Å². The van der Waals surface area contributed by atoms with Gasteiger partial charge in [-0.25, -0.2) is 0 Å². The molecular weight excluding hydrogens is 604 g/mol. The smallest absolute Gasteiger partial charge is 0.305 e. The molecular formula is C45H88O4. The highest BCUT2D eigenvalue weighted by Gasteiger charge is 2.03. The van der Waals surface area contributed by atoms with Gasteiger partial charge in [-0.1, -0.05) is 238 Å². The number of carboxylic acids is 1. The number of hydrogen-bond acceptors (Lipinski definition) is 3. The van der Waals surface area contributed by atoms with Gasteiger partial charge >= 0.3 is 11.9 Å². The van der Waals surface area contributed by atoms with Crippen molar-refractivity contribution in [2.24, 2.45) is 0 Å². The van der Waals surface area contributed by atoms with Gasteiger partial charge in [0, 0.05) is 12.8 Å². The fourth-order valence-corrected chi connectivity index (χ4v) is 7.17. The lowest BCUT2D eigenvalue weighted by molar-refractivity contribution is -0.144. The topological polar surface area (TPSA) is 63.6 Å². The van der Waals surface area contributed by atoms with Crippen LogP contribution >= 0.6 is 0 Å². The SMILES string of the molecule is CCCCCCCCCCCCCC(=O)OCCCCCCCCCCCCCCCCCCCCCCCCCCCCCCC(=O)O. The van der Waals surface area contributed by atoms with Crippen molar-refractivity contribution in [3.63, 3.8) is 0 Å². The highest BCUT2D eigenvalue weighted by molar-refractivity contribution is 5.69. The molecule has 4 heteroatoms. The number of rotatable bonds is 43. The van der Waals surface area contributed by atoms with Crippen molar-refractivity contribution in [3.05, 3.63) is 0 Å². The van der Waals surface area contributed by atoms with E-state index in [2.05, 4.69) is 6.92 Å². The van der Waals surface area contributed by atoms with Crippen LogP contribution in [0.15, 0.2) is 0 Å². The zero-order valence-corrected chi connectivity index (χ0v) is 33.4. The molecule has 0 spiro atoms. The number of unbranched alkanes of at least 4 members (excludes halogenated alkanes) is 37. The van der Waals surface area contributed by atoms with Gasteiger partial charge in [0.05, 0.1) is 6.61 Å². The maximum absolute atomic E-state index is 11.9. The number of esters is 1. The minimum absolute atomic E-state index is 0.0208. The van der Waals surface area contributed by atoms with Crippen molar-refractivity contribution in [2.75, 3.05) is 6.61 Å². The van der Waals surface area contributed by atoms with Crippen LogP contribution < -0.4 is 0 Å². The van der Waals surface area contributed by atoms with Crippen LogP contribution in [0.25, 0.3) is 0 Å². The third-order valence-corrected chi connectivity index (χ3v) is 10.5. The molecule has 4 nitrogen and oxygen atoms in total. The van der Waals surface area contributed by atoms with Gasteiger partial charge in [-0.2, -0.15) is 0 Å². The number of hydrogen-bond donors (Lipinski definition) is 1. The van der Waals surface area contributed by atoms with Crippen molar-refractivity contribution in [2.45, 2.75) is 270 Å². The fourth-order valence-electron chi connectivity index (χ4n) is 7.17. The predicted molar refractivity (Wildman–Crippen MR) is 214 cm³/mol. The average Bonchev–Trinajstić information content (AvgIpc) is 3.09. The quantitative estimate of drug-likeness (QED) is 0.0510. The van der Waals surface area contributed by atoms with Gasteiger partial charge in [0.25, 0.3) is 0 Å². The molecule has 0 aliphatic heterocycles. The van der Waals surface area contributed by atoms with Crippen LogP contribution in [0, 0.1) is 0 Å². The molecule has 0 unspecified atom stereocenters. The molecule has 292 valence electrons. The molecule has 0 saturated heterocycles. The number of aliphatic carboxylic acids is 1. The first-order valence-corrected chi connectivity index (χ1v) is 22.5. The molecule has 0 aromatic rings. The van der Waals surface area contributed by atoms with Gasteiger partial charge in [0.1, 0.15) is 0 Å². The van der Waals surface area contributed by atoms with E-state index < -0.39 is 5.97 Å². The van der Waals surface area contributed by atoms with Gasteiger partial charge in [-0.3, -0.25) is 9.59 Å². The van der Waals surface area contributed by atoms with Crippen molar-refractivity contribution in [1.82, 2.24) is 0 Å². The summed E-state index contributed by atoms with van der Waals surface area (Å²) in [4.78, 5) is 22.4. The second-order valence-electron chi connectivity index (χ2n) is 15.5. The number of carboxylic acid groups (broad SMARTS) is 1. The van der Waals surface area contributed by atoms with E-state index in [9.17, 15) is 9.59 Å². The molecule has 0 saturated carbocycles. The summed E-state index contributed by atoms with van der Waals surface area (Å²) in [5, 5.41) is 8.65. The van der Waals surface area contributed by atoms with E-state index in [1.807, 2.05) is 0 Å². The van der Waals surface area contributed by atoms with Crippen molar-refractivity contribution >= 4 is 11.9 Å². The molecule has 0 bridgehead atoms. The van der Waals surface area contributed by atoms with E-state index in [0.29, 0.717) is 19.4 Å². The summed E-state index contributed by atoms with van der Waals surface area (Å²) in [6.45, 7) is 2.90. The van der Waals surface area contributed by atoms with E-state index in [0.717, 1.165) is 25.7 Å². The van der Waals surface area contributed by atoms with Crippen LogP contribution in [-0.4, -0.2) is 23.7 Å². The second-order valence-corrected chi connectivity index (χ2v) is 15.5. The zero-order chi connectivity index (χ0) is 35.6. The molecule has 0 radical (unpaired) electrons. The van der Waals surface area contributed by atoms with Crippen molar-refractivity contribution in [1.29, 1.82) is 0 Å². The molecule has 0 atom stereocenters. The van der Waals surface area contributed by atoms with Gasteiger partial charge in [-0.15, -0.1) is 0 Å². The summed E-state index contributed by atoms with van der Waals surface area (Å²) < 4.78 is 5.45. The highest BCUT2D eigenvalue weighted by Crippen LogP contribution is 2.17. The minimum atomic E-state index is -0.653. The molecule has 0 aliphatic carbocycles. The lowest BCUT2D eigenvalue weighted by Gasteiger charge is -2.06. The Labute approximate surface area is 307 Å². The van der Waals surface area contributed by atoms with E-state index in [-0.39, 0.29) is 5.97 Å². The number of carbonyl (C=O) groups is 2. The predicted octanol–water partition coefficient (Wildman–Crippen LogP) is 15.6. The first-order chi connectivity index (χ1) is 24.2. The Balaban J connectivity index is 3.12. The van der Waals surface area contributed by atoms with E-state index in [4.69, 9.17) is 9.84 Å². The summed E-state index contributed by atoms with van der Waals surface area (Å²) in [5.74, 6) is -0.632. The van der Waals surface area contributed by atoms with Crippen molar-refractivity contribution in [3.8, 4) is 0 Å². The summed E-state index contributed by atoms with van der Waals surface area (Å²) in [5.41, 5.74) is 0. The van der Waals surface area contributed by atoms with E-state index in [1.54, 1.807) is 0 Å². The number of carbonyl (C=O) groups excluding carboxylic acids is 1. The highest BCUT2D eigenvalue weighted by atomic mass is 16.5. The Morgan fingerprint density at radius 2 is 0.551 bits per heavy atom. The Kier molecular flexibility index (Phi) is 42.2. The Morgan fingerprint density at radius 1 is 0.327 bits per heavy atom. The third kappa shape index (κ3) is 44.9. The third-order valence-electron chi connectivity index (χ3n) is 10.5. The maximum Gasteiger partial charge on any atom is 0.305 e. The Hall–Kier alpha value is -1.06. The Bertz CT molecular complexity index is 648. The lowest BCUT2D eigenvalue weighted by atomic mass is 10.0. The van der Waals surface area contributed by atoms with Gasteiger partial charge in [0.15, 0.2) is 0 Å². The lowest BCUT2D eigenvalue weighted by Crippen LogP contribution is -2.05. The largest absolute Gasteiger partial charge is 0.481 e. The van der Waals surface area contributed by atoms with Crippen LogP contribution in [0.5, 0.6) is 0 Å². The molecule has 49 heavy (non-hydrogen) atoms. The molecule has 1 N–H and O–H groups in total. The fraction of sp³-hybridized carbons (Fsp3) is 0.956. The maximum atomic E-state index is 11.9. The zero-order valence-electron chi connectivity index (χ0n) is 33.4. The molecule has 0 aromatic carbocycles. The van der Waals surface area contributed by atoms with Crippen molar-refractivity contribution < 1.29 is 19.4 Å². The molecule has 0 rings (SSSR count). The van der Waals surface area contributed by atoms with Crippen LogP contribution in [0.1, 0.15) is 270 Å². The number of ether oxygens (including phenoxy) is 1. The molecule has 0 amide bonds. The summed E-state index contributed by atoms with van der Waals surface area (Å²) in [7, 11) is 0. The van der Waals surface area contributed by atoms with Crippen LogP contribution in [0.2, 0.25) is 0 Å². The minimum Gasteiger partial charge on any atom is -0.481 e.